The van der Waals surface area contributed by atoms with Gasteiger partial charge in [-0.25, -0.2) is 0 Å². The number of hydrogen-bond donors (Lipinski definition) is 1. The van der Waals surface area contributed by atoms with Crippen molar-refractivity contribution in [1.29, 1.82) is 0 Å². The lowest BCUT2D eigenvalue weighted by Gasteiger charge is -2.28. The number of piperidine rings is 2. The highest BCUT2D eigenvalue weighted by Gasteiger charge is 2.17. The zero-order chi connectivity index (χ0) is 13.6. The van der Waals surface area contributed by atoms with Crippen LogP contribution in [0.1, 0.15) is 43.2 Å². The summed E-state index contributed by atoms with van der Waals surface area (Å²) in [5.74, 6) is 0.839. The van der Waals surface area contributed by atoms with Gasteiger partial charge in [-0.05, 0) is 75.3 Å². The molecular weight excluding hydrogens is 244 g/mol. The van der Waals surface area contributed by atoms with Crippen molar-refractivity contribution in [2.45, 2.75) is 45.1 Å². The van der Waals surface area contributed by atoms with Gasteiger partial charge in [0.1, 0.15) is 0 Å². The van der Waals surface area contributed by atoms with Crippen LogP contribution >= 0.6 is 0 Å². The Morgan fingerprint density at radius 1 is 1.00 bits per heavy atom. The van der Waals surface area contributed by atoms with E-state index in [1.54, 1.807) is 11.1 Å². The van der Waals surface area contributed by atoms with Gasteiger partial charge in [-0.15, -0.1) is 0 Å². The molecule has 2 heteroatoms. The molecule has 0 saturated carbocycles. The van der Waals surface area contributed by atoms with Gasteiger partial charge in [-0.3, -0.25) is 4.90 Å². The highest BCUT2D eigenvalue weighted by atomic mass is 15.1. The third kappa shape index (κ3) is 3.83. The molecule has 0 amide bonds. The molecule has 2 aliphatic heterocycles. The molecule has 110 valence electrons. The lowest BCUT2D eigenvalue weighted by atomic mass is 9.90. The summed E-state index contributed by atoms with van der Waals surface area (Å²) in [4.78, 5) is 2.64. The smallest absolute Gasteiger partial charge is 0.0236 e. The van der Waals surface area contributed by atoms with Crippen molar-refractivity contribution >= 4 is 0 Å². The second-order valence-electron chi connectivity index (χ2n) is 6.52. The molecule has 0 aliphatic carbocycles. The molecular formula is C18H28N2. The number of benzene rings is 1. The average Bonchev–Trinajstić information content (AvgIpc) is 2.51. The second kappa shape index (κ2) is 7.24. The molecule has 2 heterocycles. The summed E-state index contributed by atoms with van der Waals surface area (Å²) < 4.78 is 0. The third-order valence-corrected chi connectivity index (χ3v) is 4.87. The summed E-state index contributed by atoms with van der Waals surface area (Å²) in [6.07, 6.45) is 8.19. The van der Waals surface area contributed by atoms with E-state index in [9.17, 15) is 0 Å². The molecule has 0 spiro atoms. The summed E-state index contributed by atoms with van der Waals surface area (Å²) in [5, 5.41) is 3.55. The number of nitrogens with zero attached hydrogens (tertiary/aromatic N) is 1. The minimum absolute atomic E-state index is 0.839. The van der Waals surface area contributed by atoms with Gasteiger partial charge in [-0.1, -0.05) is 30.7 Å². The molecule has 2 saturated heterocycles. The Bertz CT molecular complexity index is 365. The summed E-state index contributed by atoms with van der Waals surface area (Å²) in [6.45, 7) is 6.17. The lowest BCUT2D eigenvalue weighted by Crippen LogP contribution is -2.32. The molecule has 0 bridgehead atoms. The molecule has 1 unspecified atom stereocenters. The van der Waals surface area contributed by atoms with Gasteiger partial charge in [0.05, 0.1) is 0 Å². The van der Waals surface area contributed by atoms with E-state index >= 15 is 0 Å². The van der Waals surface area contributed by atoms with E-state index < -0.39 is 0 Å². The van der Waals surface area contributed by atoms with Crippen LogP contribution in [0.15, 0.2) is 24.3 Å². The van der Waals surface area contributed by atoms with Gasteiger partial charge >= 0.3 is 0 Å². The number of nitrogens with one attached hydrogen (secondary N) is 1. The van der Waals surface area contributed by atoms with Crippen molar-refractivity contribution in [2.24, 2.45) is 5.92 Å². The van der Waals surface area contributed by atoms with E-state index in [1.165, 1.54) is 64.7 Å². The van der Waals surface area contributed by atoms with E-state index in [2.05, 4.69) is 34.5 Å². The Morgan fingerprint density at radius 2 is 1.80 bits per heavy atom. The van der Waals surface area contributed by atoms with Gasteiger partial charge in [0, 0.05) is 6.54 Å². The van der Waals surface area contributed by atoms with Gasteiger partial charge in [0.15, 0.2) is 0 Å². The number of rotatable bonds is 4. The van der Waals surface area contributed by atoms with Gasteiger partial charge in [0.25, 0.3) is 0 Å². The predicted molar refractivity (Wildman–Crippen MR) is 84.9 cm³/mol. The van der Waals surface area contributed by atoms with Crippen LogP contribution in [0.2, 0.25) is 0 Å². The highest BCUT2D eigenvalue weighted by Crippen LogP contribution is 2.21. The lowest BCUT2D eigenvalue weighted by molar-refractivity contribution is 0.220. The average molecular weight is 272 g/mol. The minimum Gasteiger partial charge on any atom is -0.316 e. The minimum atomic E-state index is 0.839. The van der Waals surface area contributed by atoms with Crippen molar-refractivity contribution in [1.82, 2.24) is 10.2 Å². The Hall–Kier alpha value is -0.860. The first-order chi connectivity index (χ1) is 9.92. The van der Waals surface area contributed by atoms with Crippen molar-refractivity contribution in [3.05, 3.63) is 35.4 Å². The fourth-order valence-corrected chi connectivity index (χ4v) is 3.68. The Balaban J connectivity index is 1.63. The molecule has 20 heavy (non-hydrogen) atoms. The normalized spacial score (nSPS) is 24.7. The molecule has 1 atom stereocenters. The maximum absolute atomic E-state index is 3.55. The van der Waals surface area contributed by atoms with Gasteiger partial charge in [0.2, 0.25) is 0 Å². The van der Waals surface area contributed by atoms with E-state index in [4.69, 9.17) is 0 Å². The zero-order valence-corrected chi connectivity index (χ0v) is 12.6. The summed E-state index contributed by atoms with van der Waals surface area (Å²) >= 11 is 0. The standard InChI is InChI=1S/C18H28N2/c1-4-11-20(12-5-1)15-18-9-3-2-8-17(18)13-16-7-6-10-19-14-16/h2-3,8-9,16,19H,1,4-7,10-15H2. The Morgan fingerprint density at radius 3 is 2.55 bits per heavy atom. The van der Waals surface area contributed by atoms with Crippen LogP contribution in [0, 0.1) is 5.92 Å². The molecule has 0 radical (unpaired) electrons. The quantitative estimate of drug-likeness (QED) is 0.905. The Labute approximate surface area is 123 Å². The van der Waals surface area contributed by atoms with Crippen LogP contribution < -0.4 is 5.32 Å². The van der Waals surface area contributed by atoms with Crippen LogP contribution in [0.25, 0.3) is 0 Å². The molecule has 0 aromatic heterocycles. The first-order valence-corrected chi connectivity index (χ1v) is 8.41. The van der Waals surface area contributed by atoms with Gasteiger partial charge < -0.3 is 5.32 Å². The van der Waals surface area contributed by atoms with Crippen LogP contribution in [0.3, 0.4) is 0 Å². The summed E-state index contributed by atoms with van der Waals surface area (Å²) in [6, 6.07) is 9.13. The molecule has 1 N–H and O–H groups in total. The molecule has 2 nitrogen and oxygen atoms in total. The van der Waals surface area contributed by atoms with E-state index in [0.717, 1.165) is 12.5 Å². The first kappa shape index (κ1) is 14.1. The molecule has 2 fully saturated rings. The molecule has 3 rings (SSSR count). The highest BCUT2D eigenvalue weighted by molar-refractivity contribution is 5.27. The molecule has 1 aromatic rings. The number of hydrogen-bond acceptors (Lipinski definition) is 2. The predicted octanol–water partition coefficient (Wildman–Crippen LogP) is 3.21. The zero-order valence-electron chi connectivity index (χ0n) is 12.6. The Kier molecular flexibility index (Phi) is 5.10. The topological polar surface area (TPSA) is 15.3 Å². The van der Waals surface area contributed by atoms with Crippen molar-refractivity contribution < 1.29 is 0 Å². The maximum Gasteiger partial charge on any atom is 0.0236 e. The first-order valence-electron chi connectivity index (χ1n) is 8.41. The maximum atomic E-state index is 3.55. The summed E-state index contributed by atoms with van der Waals surface area (Å²) in [5.41, 5.74) is 3.16. The van der Waals surface area contributed by atoms with Crippen LogP contribution in [0.5, 0.6) is 0 Å². The molecule has 2 aliphatic rings. The monoisotopic (exact) mass is 272 g/mol. The van der Waals surface area contributed by atoms with Crippen molar-refractivity contribution in [3.63, 3.8) is 0 Å². The fraction of sp³-hybridized carbons (Fsp3) is 0.667. The van der Waals surface area contributed by atoms with E-state index in [-0.39, 0.29) is 0 Å². The SMILES string of the molecule is c1ccc(CN2CCCCC2)c(CC2CCCNC2)c1. The molecule has 1 aromatic carbocycles. The van der Waals surface area contributed by atoms with Gasteiger partial charge in [-0.2, -0.15) is 0 Å². The second-order valence-corrected chi connectivity index (χ2v) is 6.52. The summed E-state index contributed by atoms with van der Waals surface area (Å²) in [7, 11) is 0. The van der Waals surface area contributed by atoms with Crippen molar-refractivity contribution in [3.8, 4) is 0 Å². The largest absolute Gasteiger partial charge is 0.316 e. The van der Waals surface area contributed by atoms with Crippen LogP contribution in [0.4, 0.5) is 0 Å². The van der Waals surface area contributed by atoms with E-state index in [1.807, 2.05) is 0 Å². The fourth-order valence-electron chi connectivity index (χ4n) is 3.68. The van der Waals surface area contributed by atoms with Crippen LogP contribution in [-0.2, 0) is 13.0 Å². The van der Waals surface area contributed by atoms with Crippen molar-refractivity contribution in [2.75, 3.05) is 26.2 Å². The van der Waals surface area contributed by atoms with Crippen LogP contribution in [-0.4, -0.2) is 31.1 Å². The third-order valence-electron chi connectivity index (χ3n) is 4.87. The number of likely N-dealkylation sites (tertiary alicyclic amines) is 1. The van der Waals surface area contributed by atoms with E-state index in [0.29, 0.717) is 0 Å².